The molecule has 31 heavy (non-hydrogen) atoms. The lowest BCUT2D eigenvalue weighted by Gasteiger charge is -2.32. The SMILES string of the molecule is CCc1ccc(Oc2cc(N3CCC(C(=O)NCCCOC(C)C)CC3)ncn2)cc1. The number of rotatable bonds is 10. The Morgan fingerprint density at radius 2 is 1.94 bits per heavy atom. The molecule has 2 heterocycles. The summed E-state index contributed by atoms with van der Waals surface area (Å²) in [5.41, 5.74) is 1.27. The lowest BCUT2D eigenvalue weighted by Crippen LogP contribution is -2.41. The molecule has 1 amide bonds. The molecule has 0 bridgehead atoms. The van der Waals surface area contributed by atoms with Crippen molar-refractivity contribution in [2.24, 2.45) is 5.92 Å². The van der Waals surface area contributed by atoms with Crippen molar-refractivity contribution in [1.82, 2.24) is 15.3 Å². The summed E-state index contributed by atoms with van der Waals surface area (Å²) in [6.45, 7) is 9.08. The molecule has 0 spiro atoms. The summed E-state index contributed by atoms with van der Waals surface area (Å²) < 4.78 is 11.4. The summed E-state index contributed by atoms with van der Waals surface area (Å²) in [5.74, 6) is 2.32. The molecule has 3 rings (SSSR count). The van der Waals surface area contributed by atoms with Crippen molar-refractivity contribution in [2.45, 2.75) is 52.6 Å². The molecule has 0 saturated carbocycles. The highest BCUT2D eigenvalue weighted by Crippen LogP contribution is 2.26. The maximum Gasteiger partial charge on any atom is 0.224 e. The third-order valence-corrected chi connectivity index (χ3v) is 5.44. The number of carbonyl (C=O) groups is 1. The molecular formula is C24H34N4O3. The summed E-state index contributed by atoms with van der Waals surface area (Å²) in [6.07, 6.45) is 5.23. The Morgan fingerprint density at radius 1 is 1.19 bits per heavy atom. The fraction of sp³-hybridized carbons (Fsp3) is 0.542. The van der Waals surface area contributed by atoms with Crippen molar-refractivity contribution in [3.8, 4) is 11.6 Å². The van der Waals surface area contributed by atoms with Crippen LogP contribution in [0, 0.1) is 5.92 Å². The summed E-state index contributed by atoms with van der Waals surface area (Å²) in [6, 6.07) is 9.90. The van der Waals surface area contributed by atoms with Crippen molar-refractivity contribution < 1.29 is 14.3 Å². The molecule has 0 aliphatic carbocycles. The Labute approximate surface area is 185 Å². The standard InChI is InChI=1S/C24H34N4O3/c1-4-19-6-8-21(9-7-19)31-23-16-22(26-17-27-23)28-13-10-20(11-14-28)24(29)25-12-5-15-30-18(2)3/h6-9,16-18,20H,4-5,10-15H2,1-3H3,(H,25,29). The minimum absolute atomic E-state index is 0.0527. The van der Waals surface area contributed by atoms with Gasteiger partial charge in [0.05, 0.1) is 6.10 Å². The van der Waals surface area contributed by atoms with Crippen LogP contribution in [0.15, 0.2) is 36.7 Å². The van der Waals surface area contributed by atoms with E-state index in [1.54, 1.807) is 0 Å². The van der Waals surface area contributed by atoms with Gasteiger partial charge in [-0.05, 0) is 57.2 Å². The molecule has 0 unspecified atom stereocenters. The van der Waals surface area contributed by atoms with Crippen LogP contribution in [0.4, 0.5) is 5.82 Å². The molecule has 1 saturated heterocycles. The van der Waals surface area contributed by atoms with Crippen molar-refractivity contribution in [1.29, 1.82) is 0 Å². The largest absolute Gasteiger partial charge is 0.439 e. The van der Waals surface area contributed by atoms with Gasteiger partial charge in [-0.3, -0.25) is 4.79 Å². The number of anilines is 1. The van der Waals surface area contributed by atoms with Gasteiger partial charge in [0, 0.05) is 38.2 Å². The Kier molecular flexibility index (Phi) is 8.64. The van der Waals surface area contributed by atoms with E-state index in [4.69, 9.17) is 9.47 Å². The molecule has 1 aromatic carbocycles. The third-order valence-electron chi connectivity index (χ3n) is 5.44. The van der Waals surface area contributed by atoms with Crippen molar-refractivity contribution in [3.63, 3.8) is 0 Å². The molecule has 0 atom stereocenters. The van der Waals surface area contributed by atoms with Crippen molar-refractivity contribution >= 4 is 11.7 Å². The van der Waals surface area contributed by atoms with Gasteiger partial charge in [-0.2, -0.15) is 0 Å². The van der Waals surface area contributed by atoms with Gasteiger partial charge in [0.15, 0.2) is 0 Å². The average Bonchev–Trinajstić information content (AvgIpc) is 2.79. The summed E-state index contributed by atoms with van der Waals surface area (Å²) in [4.78, 5) is 23.3. The molecule has 0 radical (unpaired) electrons. The zero-order valence-corrected chi connectivity index (χ0v) is 18.8. The van der Waals surface area contributed by atoms with E-state index in [1.807, 2.05) is 32.0 Å². The molecule has 2 aromatic rings. The highest BCUT2D eigenvalue weighted by Gasteiger charge is 2.25. The first-order valence-corrected chi connectivity index (χ1v) is 11.3. The van der Waals surface area contributed by atoms with Crippen LogP contribution < -0.4 is 15.0 Å². The number of piperidine rings is 1. The van der Waals surface area contributed by atoms with Gasteiger partial charge >= 0.3 is 0 Å². The molecule has 1 fully saturated rings. The zero-order valence-electron chi connectivity index (χ0n) is 18.8. The minimum Gasteiger partial charge on any atom is -0.439 e. The van der Waals surface area contributed by atoms with Crippen LogP contribution in [0.3, 0.4) is 0 Å². The molecule has 7 heteroatoms. The van der Waals surface area contributed by atoms with Crippen molar-refractivity contribution in [2.75, 3.05) is 31.1 Å². The van der Waals surface area contributed by atoms with Gasteiger partial charge in [-0.25, -0.2) is 9.97 Å². The lowest BCUT2D eigenvalue weighted by molar-refractivity contribution is -0.125. The summed E-state index contributed by atoms with van der Waals surface area (Å²) >= 11 is 0. The lowest BCUT2D eigenvalue weighted by atomic mass is 9.96. The molecule has 1 aliphatic heterocycles. The second kappa shape index (κ2) is 11.6. The predicted molar refractivity (Wildman–Crippen MR) is 122 cm³/mol. The molecular weight excluding hydrogens is 392 g/mol. The fourth-order valence-corrected chi connectivity index (χ4v) is 3.59. The highest BCUT2D eigenvalue weighted by molar-refractivity contribution is 5.78. The topological polar surface area (TPSA) is 76.6 Å². The smallest absolute Gasteiger partial charge is 0.224 e. The number of carbonyl (C=O) groups excluding carboxylic acids is 1. The van der Waals surface area contributed by atoms with E-state index in [0.29, 0.717) is 19.0 Å². The van der Waals surface area contributed by atoms with Crippen LogP contribution in [-0.4, -0.2) is 48.2 Å². The summed E-state index contributed by atoms with van der Waals surface area (Å²) in [5, 5.41) is 3.04. The number of benzene rings is 1. The van der Waals surface area contributed by atoms with Gasteiger partial charge in [0.2, 0.25) is 11.8 Å². The van der Waals surface area contributed by atoms with Gasteiger partial charge in [-0.15, -0.1) is 0 Å². The quantitative estimate of drug-likeness (QED) is 0.579. The van der Waals surface area contributed by atoms with E-state index in [1.165, 1.54) is 11.9 Å². The first kappa shape index (κ1) is 23.0. The number of aromatic nitrogens is 2. The minimum atomic E-state index is 0.0527. The number of aryl methyl sites for hydroxylation is 1. The van der Waals surface area contributed by atoms with Crippen LogP contribution >= 0.6 is 0 Å². The van der Waals surface area contributed by atoms with Gasteiger partial charge in [-0.1, -0.05) is 19.1 Å². The second-order valence-electron chi connectivity index (χ2n) is 8.14. The fourth-order valence-electron chi connectivity index (χ4n) is 3.59. The van der Waals surface area contributed by atoms with Gasteiger partial charge < -0.3 is 19.7 Å². The molecule has 7 nitrogen and oxygen atoms in total. The number of nitrogens with zero attached hydrogens (tertiary/aromatic N) is 3. The van der Waals surface area contributed by atoms with E-state index in [9.17, 15) is 4.79 Å². The van der Waals surface area contributed by atoms with E-state index < -0.39 is 0 Å². The zero-order chi connectivity index (χ0) is 22.1. The Balaban J connectivity index is 1.46. The van der Waals surface area contributed by atoms with Crippen molar-refractivity contribution in [3.05, 3.63) is 42.2 Å². The van der Waals surface area contributed by atoms with Gasteiger partial charge in [0.25, 0.3) is 0 Å². The number of amides is 1. The van der Waals surface area contributed by atoms with E-state index >= 15 is 0 Å². The van der Waals surface area contributed by atoms with E-state index in [2.05, 4.69) is 39.2 Å². The molecule has 168 valence electrons. The van der Waals surface area contributed by atoms with Crippen LogP contribution in [-0.2, 0) is 16.0 Å². The Morgan fingerprint density at radius 3 is 2.61 bits per heavy atom. The number of nitrogens with one attached hydrogen (secondary N) is 1. The molecule has 1 aromatic heterocycles. The van der Waals surface area contributed by atoms with E-state index in [0.717, 1.165) is 50.3 Å². The molecule has 1 N–H and O–H groups in total. The Bertz CT molecular complexity index is 818. The van der Waals surface area contributed by atoms with Crippen LogP contribution in [0.1, 0.15) is 45.6 Å². The molecule has 1 aliphatic rings. The van der Waals surface area contributed by atoms with Gasteiger partial charge in [0.1, 0.15) is 17.9 Å². The predicted octanol–water partition coefficient (Wildman–Crippen LogP) is 3.98. The highest BCUT2D eigenvalue weighted by atomic mass is 16.5. The maximum absolute atomic E-state index is 12.4. The third kappa shape index (κ3) is 7.21. The van der Waals surface area contributed by atoms with E-state index in [-0.39, 0.29) is 17.9 Å². The van der Waals surface area contributed by atoms with Crippen LogP contribution in [0.25, 0.3) is 0 Å². The first-order valence-electron chi connectivity index (χ1n) is 11.3. The maximum atomic E-state index is 12.4. The monoisotopic (exact) mass is 426 g/mol. The number of ether oxygens (including phenoxy) is 2. The first-order chi connectivity index (χ1) is 15.0. The summed E-state index contributed by atoms with van der Waals surface area (Å²) in [7, 11) is 0. The normalized spacial score (nSPS) is 14.6. The average molecular weight is 427 g/mol. The number of hydrogen-bond donors (Lipinski definition) is 1. The number of hydrogen-bond acceptors (Lipinski definition) is 6. The Hall–Kier alpha value is -2.67. The van der Waals surface area contributed by atoms with Crippen LogP contribution in [0.5, 0.6) is 11.6 Å². The van der Waals surface area contributed by atoms with Crippen LogP contribution in [0.2, 0.25) is 0 Å². The second-order valence-corrected chi connectivity index (χ2v) is 8.14.